The van der Waals surface area contributed by atoms with Crippen LogP contribution in [-0.4, -0.2) is 18.2 Å². The van der Waals surface area contributed by atoms with Crippen LogP contribution in [0.5, 0.6) is 0 Å². The molecule has 0 aliphatic rings. The molecule has 0 saturated carbocycles. The molecule has 0 aliphatic carbocycles. The van der Waals surface area contributed by atoms with Crippen molar-refractivity contribution in [2.45, 2.75) is 25.7 Å². The van der Waals surface area contributed by atoms with E-state index in [0.29, 0.717) is 11.7 Å². The van der Waals surface area contributed by atoms with Crippen molar-refractivity contribution >= 4 is 23.4 Å². The van der Waals surface area contributed by atoms with Gasteiger partial charge in [0.25, 0.3) is 0 Å². The van der Waals surface area contributed by atoms with E-state index in [0.717, 1.165) is 22.7 Å². The minimum Gasteiger partial charge on any atom is -0.399 e. The zero-order chi connectivity index (χ0) is 12.8. The van der Waals surface area contributed by atoms with Gasteiger partial charge in [-0.05, 0) is 30.5 Å². The highest BCUT2D eigenvalue weighted by atomic mass is 32.2. The molecule has 0 radical (unpaired) electrons. The molecule has 0 spiro atoms. The average Bonchev–Trinajstić information content (AvgIpc) is 2.27. The van der Waals surface area contributed by atoms with Gasteiger partial charge in [0, 0.05) is 17.1 Å². The van der Waals surface area contributed by atoms with Crippen molar-refractivity contribution in [3.63, 3.8) is 0 Å². The van der Waals surface area contributed by atoms with Crippen LogP contribution in [-0.2, 0) is 4.79 Å². The molecule has 3 nitrogen and oxygen atoms in total. The maximum atomic E-state index is 11.6. The van der Waals surface area contributed by atoms with Gasteiger partial charge in [0.05, 0.1) is 5.75 Å². The fourth-order valence-corrected chi connectivity index (χ4v) is 2.19. The number of anilines is 1. The summed E-state index contributed by atoms with van der Waals surface area (Å²) in [4.78, 5) is 12.6. The minimum atomic E-state index is 0.0746. The summed E-state index contributed by atoms with van der Waals surface area (Å²) in [6.45, 7) is 6.91. The lowest BCUT2D eigenvalue weighted by molar-refractivity contribution is -0.118. The van der Waals surface area contributed by atoms with Gasteiger partial charge in [0.15, 0.2) is 0 Å². The lowest BCUT2D eigenvalue weighted by Crippen LogP contribution is -2.28. The number of hydrogen-bond donors (Lipinski definition) is 2. The monoisotopic (exact) mass is 252 g/mol. The third-order valence-electron chi connectivity index (χ3n) is 2.28. The summed E-state index contributed by atoms with van der Waals surface area (Å²) >= 11 is 1.53. The lowest BCUT2D eigenvalue weighted by Gasteiger charge is -2.09. The number of carbonyl (C=O) groups excluding carboxylic acids is 1. The van der Waals surface area contributed by atoms with Crippen molar-refractivity contribution in [2.24, 2.45) is 5.92 Å². The molecule has 1 aromatic carbocycles. The summed E-state index contributed by atoms with van der Waals surface area (Å²) < 4.78 is 0. The van der Waals surface area contributed by atoms with Crippen molar-refractivity contribution in [1.82, 2.24) is 5.32 Å². The summed E-state index contributed by atoms with van der Waals surface area (Å²) in [7, 11) is 0. The standard InChI is InChI=1S/C13H20N2OS/c1-9(2)7-15-13(16)8-17-12-6-11(14)5-4-10(12)3/h4-6,9H,7-8,14H2,1-3H3,(H,15,16). The highest BCUT2D eigenvalue weighted by Crippen LogP contribution is 2.24. The normalized spacial score (nSPS) is 10.6. The Balaban J connectivity index is 2.44. The number of carbonyl (C=O) groups is 1. The Morgan fingerprint density at radius 1 is 1.47 bits per heavy atom. The molecule has 1 aromatic rings. The summed E-state index contributed by atoms with van der Waals surface area (Å²) in [5.74, 6) is 1.00. The Kier molecular flexibility index (Phi) is 5.35. The van der Waals surface area contributed by atoms with Gasteiger partial charge in [-0.25, -0.2) is 0 Å². The number of nitrogens with one attached hydrogen (secondary N) is 1. The first kappa shape index (κ1) is 13.9. The number of thioether (sulfide) groups is 1. The molecule has 0 saturated heterocycles. The fourth-order valence-electron chi connectivity index (χ4n) is 1.28. The quantitative estimate of drug-likeness (QED) is 0.625. The third-order valence-corrected chi connectivity index (χ3v) is 3.44. The lowest BCUT2D eigenvalue weighted by atomic mass is 10.2. The molecule has 0 aromatic heterocycles. The second-order valence-electron chi connectivity index (χ2n) is 4.51. The molecule has 1 amide bonds. The van der Waals surface area contributed by atoms with Gasteiger partial charge in [-0.3, -0.25) is 4.79 Å². The largest absolute Gasteiger partial charge is 0.399 e. The Morgan fingerprint density at radius 3 is 2.82 bits per heavy atom. The molecule has 94 valence electrons. The zero-order valence-electron chi connectivity index (χ0n) is 10.6. The molecule has 0 aliphatic heterocycles. The van der Waals surface area contributed by atoms with Crippen molar-refractivity contribution in [3.8, 4) is 0 Å². The molecular weight excluding hydrogens is 232 g/mol. The van der Waals surface area contributed by atoms with Gasteiger partial charge < -0.3 is 11.1 Å². The number of nitrogens with two attached hydrogens (primary N) is 1. The maximum absolute atomic E-state index is 11.6. The Labute approximate surface area is 107 Å². The van der Waals surface area contributed by atoms with Gasteiger partial charge in [0.2, 0.25) is 5.91 Å². The van der Waals surface area contributed by atoms with Crippen LogP contribution in [0.3, 0.4) is 0 Å². The maximum Gasteiger partial charge on any atom is 0.230 e. The third kappa shape index (κ3) is 5.13. The van der Waals surface area contributed by atoms with Crippen LogP contribution >= 0.6 is 11.8 Å². The molecule has 17 heavy (non-hydrogen) atoms. The van der Waals surface area contributed by atoms with E-state index in [1.54, 1.807) is 0 Å². The van der Waals surface area contributed by atoms with Crippen molar-refractivity contribution < 1.29 is 4.79 Å². The Hall–Kier alpha value is -1.16. The number of nitrogen functional groups attached to an aromatic ring is 1. The van der Waals surface area contributed by atoms with Crippen LogP contribution < -0.4 is 11.1 Å². The molecular formula is C13H20N2OS. The van der Waals surface area contributed by atoms with E-state index >= 15 is 0 Å². The van der Waals surface area contributed by atoms with Crippen molar-refractivity contribution in [2.75, 3.05) is 18.0 Å². The second-order valence-corrected chi connectivity index (χ2v) is 5.53. The number of hydrogen-bond acceptors (Lipinski definition) is 3. The highest BCUT2D eigenvalue weighted by Gasteiger charge is 2.05. The summed E-state index contributed by atoms with van der Waals surface area (Å²) in [6.07, 6.45) is 0. The fraction of sp³-hybridized carbons (Fsp3) is 0.462. The van der Waals surface area contributed by atoms with E-state index in [1.165, 1.54) is 11.8 Å². The molecule has 3 N–H and O–H groups in total. The molecule has 0 fully saturated rings. The Bertz CT molecular complexity index is 391. The SMILES string of the molecule is Cc1ccc(N)cc1SCC(=O)NCC(C)C. The summed E-state index contributed by atoms with van der Waals surface area (Å²) in [6, 6.07) is 5.76. The summed E-state index contributed by atoms with van der Waals surface area (Å²) in [5.41, 5.74) is 7.61. The van der Waals surface area contributed by atoms with Crippen LogP contribution in [0.4, 0.5) is 5.69 Å². The number of aryl methyl sites for hydroxylation is 1. The first-order valence-corrected chi connectivity index (χ1v) is 6.73. The van der Waals surface area contributed by atoms with Crippen LogP contribution in [0.1, 0.15) is 19.4 Å². The van der Waals surface area contributed by atoms with E-state index in [4.69, 9.17) is 5.73 Å². The van der Waals surface area contributed by atoms with Crippen LogP contribution in [0.25, 0.3) is 0 Å². The van der Waals surface area contributed by atoms with Crippen molar-refractivity contribution in [1.29, 1.82) is 0 Å². The van der Waals surface area contributed by atoms with Gasteiger partial charge in [-0.2, -0.15) is 0 Å². The number of rotatable bonds is 5. The predicted molar refractivity (Wildman–Crippen MR) is 74.2 cm³/mol. The predicted octanol–water partition coefficient (Wildman–Crippen LogP) is 2.44. The zero-order valence-corrected chi connectivity index (χ0v) is 11.4. The van der Waals surface area contributed by atoms with Gasteiger partial charge >= 0.3 is 0 Å². The molecule has 4 heteroatoms. The first-order valence-electron chi connectivity index (χ1n) is 5.74. The van der Waals surface area contributed by atoms with Gasteiger partial charge in [0.1, 0.15) is 0 Å². The van der Waals surface area contributed by atoms with Crippen LogP contribution in [0.15, 0.2) is 23.1 Å². The Morgan fingerprint density at radius 2 is 2.18 bits per heavy atom. The topological polar surface area (TPSA) is 55.1 Å². The smallest absolute Gasteiger partial charge is 0.230 e. The van der Waals surface area contributed by atoms with E-state index in [9.17, 15) is 4.79 Å². The first-order chi connectivity index (χ1) is 7.99. The number of amides is 1. The van der Waals surface area contributed by atoms with E-state index in [-0.39, 0.29) is 5.91 Å². The van der Waals surface area contributed by atoms with Crippen LogP contribution in [0.2, 0.25) is 0 Å². The van der Waals surface area contributed by atoms with E-state index in [2.05, 4.69) is 19.2 Å². The molecule has 0 atom stereocenters. The molecule has 0 bridgehead atoms. The van der Waals surface area contributed by atoms with Crippen molar-refractivity contribution in [3.05, 3.63) is 23.8 Å². The van der Waals surface area contributed by atoms with E-state index < -0.39 is 0 Å². The van der Waals surface area contributed by atoms with E-state index in [1.807, 2.05) is 25.1 Å². The minimum absolute atomic E-state index is 0.0746. The van der Waals surface area contributed by atoms with Gasteiger partial charge in [-0.1, -0.05) is 19.9 Å². The molecule has 0 heterocycles. The second kappa shape index (κ2) is 6.55. The number of benzene rings is 1. The van der Waals surface area contributed by atoms with Crippen LogP contribution in [0, 0.1) is 12.8 Å². The molecule has 1 rings (SSSR count). The summed E-state index contributed by atoms with van der Waals surface area (Å²) in [5, 5.41) is 2.90. The molecule has 0 unspecified atom stereocenters. The highest BCUT2D eigenvalue weighted by molar-refractivity contribution is 8.00. The average molecular weight is 252 g/mol. The van der Waals surface area contributed by atoms with Gasteiger partial charge in [-0.15, -0.1) is 11.8 Å².